The van der Waals surface area contributed by atoms with Crippen molar-refractivity contribution in [3.63, 3.8) is 0 Å². The molecular weight excluding hydrogens is 667 g/mol. The normalized spacial score (nSPS) is 13.5. The molecule has 0 radical (unpaired) electrons. The third-order valence-electron chi connectivity index (χ3n) is 11.6. The Morgan fingerprint density at radius 1 is 0.463 bits per heavy atom. The van der Waals surface area contributed by atoms with Crippen LogP contribution in [0.3, 0.4) is 0 Å². The summed E-state index contributed by atoms with van der Waals surface area (Å²) in [6, 6.07) is -0.740. The van der Waals surface area contributed by atoms with Gasteiger partial charge in [0.05, 0.1) is 31.3 Å². The van der Waals surface area contributed by atoms with E-state index in [2.05, 4.69) is 19.2 Å². The highest BCUT2D eigenvalue weighted by atomic mass is 16.3. The maximum Gasteiger partial charge on any atom is 0.222 e. The molecule has 322 valence electrons. The van der Waals surface area contributed by atoms with Crippen LogP contribution in [0.15, 0.2) is 12.2 Å². The summed E-state index contributed by atoms with van der Waals surface area (Å²) in [5, 5.41) is 33.3. The molecule has 5 nitrogen and oxygen atoms in total. The lowest BCUT2D eigenvalue weighted by molar-refractivity contribution is -0.124. The van der Waals surface area contributed by atoms with Crippen molar-refractivity contribution in [2.45, 2.75) is 289 Å². The fourth-order valence-corrected chi connectivity index (χ4v) is 7.81. The highest BCUT2D eigenvalue weighted by molar-refractivity contribution is 5.76. The molecule has 1 amide bonds. The average molecular weight is 764 g/mol. The zero-order valence-electron chi connectivity index (χ0n) is 36.6. The standard InChI is InChI=1S/C49H97NO4/c1-3-5-7-9-11-13-15-17-19-21-22-23-24-25-27-29-31-33-35-37-39-41-43-48(53)47(45-51)50-49(54)44-46(52)42-40-38-36-34-32-30-28-26-20-18-16-14-12-10-8-6-4-2/h41,43,46-48,51-53H,3-40,42,44-45H2,1-2H3,(H,50,54)/b43-41+. The molecule has 0 spiro atoms. The quantitative estimate of drug-likeness (QED) is 0.0367. The molecule has 0 fully saturated rings. The Kier molecular flexibility index (Phi) is 44.0. The second kappa shape index (κ2) is 44.8. The summed E-state index contributed by atoms with van der Waals surface area (Å²) in [5.41, 5.74) is 0. The number of carbonyl (C=O) groups excluding carboxylic acids is 1. The Morgan fingerprint density at radius 3 is 1.07 bits per heavy atom. The fourth-order valence-electron chi connectivity index (χ4n) is 7.81. The van der Waals surface area contributed by atoms with Crippen molar-refractivity contribution in [3.8, 4) is 0 Å². The molecule has 0 aliphatic heterocycles. The van der Waals surface area contributed by atoms with E-state index in [0.717, 1.165) is 25.7 Å². The highest BCUT2D eigenvalue weighted by Gasteiger charge is 2.20. The van der Waals surface area contributed by atoms with Crippen LogP contribution in [0.2, 0.25) is 0 Å². The van der Waals surface area contributed by atoms with Gasteiger partial charge in [0.25, 0.3) is 0 Å². The number of hydrogen-bond acceptors (Lipinski definition) is 4. The number of amides is 1. The van der Waals surface area contributed by atoms with Crippen molar-refractivity contribution >= 4 is 5.91 Å². The molecule has 0 saturated carbocycles. The van der Waals surface area contributed by atoms with Gasteiger partial charge in [-0.2, -0.15) is 0 Å². The Bertz CT molecular complexity index is 758. The Labute approximate surface area is 338 Å². The van der Waals surface area contributed by atoms with Crippen molar-refractivity contribution in [1.29, 1.82) is 0 Å². The molecule has 0 aromatic heterocycles. The molecule has 0 heterocycles. The number of aliphatic hydroxyl groups is 3. The molecular formula is C49H97NO4. The van der Waals surface area contributed by atoms with E-state index in [9.17, 15) is 20.1 Å². The molecule has 5 heteroatoms. The van der Waals surface area contributed by atoms with Gasteiger partial charge >= 0.3 is 0 Å². The van der Waals surface area contributed by atoms with E-state index >= 15 is 0 Å². The molecule has 3 atom stereocenters. The van der Waals surface area contributed by atoms with Crippen molar-refractivity contribution in [2.75, 3.05) is 6.61 Å². The molecule has 0 aliphatic rings. The van der Waals surface area contributed by atoms with Gasteiger partial charge in [0.2, 0.25) is 5.91 Å². The van der Waals surface area contributed by atoms with Gasteiger partial charge in [-0.3, -0.25) is 4.79 Å². The van der Waals surface area contributed by atoms with E-state index in [1.54, 1.807) is 6.08 Å². The van der Waals surface area contributed by atoms with Crippen LogP contribution in [0.25, 0.3) is 0 Å². The maximum atomic E-state index is 12.5. The van der Waals surface area contributed by atoms with Gasteiger partial charge in [-0.15, -0.1) is 0 Å². The summed E-state index contributed by atoms with van der Waals surface area (Å²) in [6.07, 6.45) is 53.7. The number of hydrogen-bond donors (Lipinski definition) is 4. The molecule has 54 heavy (non-hydrogen) atoms. The Hall–Kier alpha value is -0.910. The molecule has 0 rings (SSSR count). The van der Waals surface area contributed by atoms with Crippen LogP contribution in [0, 0.1) is 0 Å². The first kappa shape index (κ1) is 53.1. The minimum Gasteiger partial charge on any atom is -0.394 e. The van der Waals surface area contributed by atoms with Crippen LogP contribution in [-0.2, 0) is 4.79 Å². The minimum atomic E-state index is -0.925. The fraction of sp³-hybridized carbons (Fsp3) is 0.939. The maximum absolute atomic E-state index is 12.5. The summed E-state index contributed by atoms with van der Waals surface area (Å²) in [4.78, 5) is 12.5. The summed E-state index contributed by atoms with van der Waals surface area (Å²) in [6.45, 7) is 4.24. The van der Waals surface area contributed by atoms with Crippen LogP contribution in [0.5, 0.6) is 0 Å². The lowest BCUT2D eigenvalue weighted by atomic mass is 10.0. The SMILES string of the molecule is CCCCCCCCCCCCCCCCCCCCCC/C=C/C(O)C(CO)NC(=O)CC(O)CCCCCCCCCCCCCCCCCCC. The summed E-state index contributed by atoms with van der Waals surface area (Å²) in [7, 11) is 0. The third-order valence-corrected chi connectivity index (χ3v) is 11.6. The molecule has 0 aliphatic carbocycles. The number of allylic oxidation sites excluding steroid dienone is 1. The van der Waals surface area contributed by atoms with E-state index < -0.39 is 18.2 Å². The minimum absolute atomic E-state index is 0.0190. The molecule has 0 bridgehead atoms. The predicted molar refractivity (Wildman–Crippen MR) is 236 cm³/mol. The van der Waals surface area contributed by atoms with Crippen LogP contribution in [0.4, 0.5) is 0 Å². The number of carbonyl (C=O) groups is 1. The van der Waals surface area contributed by atoms with Gasteiger partial charge in [-0.1, -0.05) is 257 Å². The molecule has 0 saturated heterocycles. The molecule has 4 N–H and O–H groups in total. The van der Waals surface area contributed by atoms with Gasteiger partial charge in [0, 0.05) is 0 Å². The number of aliphatic hydroxyl groups excluding tert-OH is 3. The molecule has 0 aromatic rings. The van der Waals surface area contributed by atoms with Crippen molar-refractivity contribution in [3.05, 3.63) is 12.2 Å². The second-order valence-corrected chi connectivity index (χ2v) is 17.1. The van der Waals surface area contributed by atoms with Crippen molar-refractivity contribution < 1.29 is 20.1 Å². The van der Waals surface area contributed by atoms with Gasteiger partial charge in [0.1, 0.15) is 0 Å². The van der Waals surface area contributed by atoms with Crippen LogP contribution >= 0.6 is 0 Å². The van der Waals surface area contributed by atoms with Gasteiger partial charge < -0.3 is 20.6 Å². The van der Waals surface area contributed by atoms with Gasteiger partial charge in [0.15, 0.2) is 0 Å². The van der Waals surface area contributed by atoms with Crippen LogP contribution in [0.1, 0.15) is 271 Å². The molecule has 0 aromatic carbocycles. The monoisotopic (exact) mass is 764 g/mol. The predicted octanol–water partition coefficient (Wildman–Crippen LogP) is 14.4. The largest absolute Gasteiger partial charge is 0.394 e. The van der Waals surface area contributed by atoms with E-state index in [1.165, 1.54) is 218 Å². The molecule has 3 unspecified atom stereocenters. The Balaban J connectivity index is 3.59. The zero-order valence-corrected chi connectivity index (χ0v) is 36.6. The average Bonchev–Trinajstić information content (AvgIpc) is 3.16. The van der Waals surface area contributed by atoms with Crippen molar-refractivity contribution in [1.82, 2.24) is 5.32 Å². The number of rotatable bonds is 45. The van der Waals surface area contributed by atoms with Crippen molar-refractivity contribution in [2.24, 2.45) is 0 Å². The first-order chi connectivity index (χ1) is 26.5. The van der Waals surface area contributed by atoms with E-state index in [4.69, 9.17) is 0 Å². The lowest BCUT2D eigenvalue weighted by Gasteiger charge is -2.21. The smallest absolute Gasteiger partial charge is 0.222 e. The van der Waals surface area contributed by atoms with Crippen LogP contribution < -0.4 is 5.32 Å². The highest BCUT2D eigenvalue weighted by Crippen LogP contribution is 2.17. The van der Waals surface area contributed by atoms with Gasteiger partial charge in [-0.25, -0.2) is 0 Å². The first-order valence-corrected chi connectivity index (χ1v) is 24.5. The Morgan fingerprint density at radius 2 is 0.759 bits per heavy atom. The van der Waals surface area contributed by atoms with E-state index in [1.807, 2.05) is 6.08 Å². The topological polar surface area (TPSA) is 89.8 Å². The summed E-state index contributed by atoms with van der Waals surface area (Å²) >= 11 is 0. The summed E-state index contributed by atoms with van der Waals surface area (Å²) < 4.78 is 0. The first-order valence-electron chi connectivity index (χ1n) is 24.5. The summed E-state index contributed by atoms with van der Waals surface area (Å²) in [5.74, 6) is -0.310. The van der Waals surface area contributed by atoms with E-state index in [0.29, 0.717) is 6.42 Å². The van der Waals surface area contributed by atoms with E-state index in [-0.39, 0.29) is 18.9 Å². The zero-order chi connectivity index (χ0) is 39.4. The number of nitrogens with one attached hydrogen (secondary N) is 1. The third kappa shape index (κ3) is 40.7. The van der Waals surface area contributed by atoms with Gasteiger partial charge in [-0.05, 0) is 19.3 Å². The van der Waals surface area contributed by atoms with Crippen LogP contribution in [-0.4, -0.2) is 46.1 Å². The lowest BCUT2D eigenvalue weighted by Crippen LogP contribution is -2.45. The second-order valence-electron chi connectivity index (χ2n) is 17.1. The number of unbranched alkanes of at least 4 members (excludes halogenated alkanes) is 36.